The van der Waals surface area contributed by atoms with Crippen molar-refractivity contribution in [3.63, 3.8) is 0 Å². The van der Waals surface area contributed by atoms with Crippen LogP contribution in [-0.4, -0.2) is 22.4 Å². The molecule has 4 nitrogen and oxygen atoms in total. The smallest absolute Gasteiger partial charge is 0.251 e. The Kier molecular flexibility index (Phi) is 3.35. The third kappa shape index (κ3) is 2.39. The van der Waals surface area contributed by atoms with Gasteiger partial charge < -0.3 is 10.3 Å². The molecule has 1 aliphatic rings. The molecule has 2 N–H and O–H groups in total. The highest BCUT2D eigenvalue weighted by atomic mass is 16.1. The third-order valence-electron chi connectivity index (χ3n) is 4.95. The molecule has 0 spiro atoms. The first-order chi connectivity index (χ1) is 12.8. The zero-order chi connectivity index (χ0) is 17.5. The van der Waals surface area contributed by atoms with Crippen LogP contribution in [-0.2, 0) is 6.42 Å². The van der Waals surface area contributed by atoms with Crippen LogP contribution < -0.4 is 5.32 Å². The number of nitrogens with zero attached hydrogens (tertiary/aromatic N) is 1. The van der Waals surface area contributed by atoms with Gasteiger partial charge in [0.15, 0.2) is 0 Å². The summed E-state index contributed by atoms with van der Waals surface area (Å²) in [6.45, 7) is 0.700. The molecule has 0 radical (unpaired) electrons. The fourth-order valence-electron chi connectivity index (χ4n) is 3.61. The summed E-state index contributed by atoms with van der Waals surface area (Å²) in [4.78, 5) is 20.0. The second-order valence-corrected chi connectivity index (χ2v) is 6.54. The summed E-state index contributed by atoms with van der Waals surface area (Å²) < 4.78 is 0. The van der Waals surface area contributed by atoms with Crippen LogP contribution >= 0.6 is 0 Å². The Labute approximate surface area is 150 Å². The summed E-state index contributed by atoms with van der Waals surface area (Å²) in [5, 5.41) is 3.98. The molecular formula is C22H17N3O. The van der Waals surface area contributed by atoms with Gasteiger partial charge in [-0.2, -0.15) is 0 Å². The van der Waals surface area contributed by atoms with E-state index in [0.717, 1.165) is 51.0 Å². The molecule has 26 heavy (non-hydrogen) atoms. The van der Waals surface area contributed by atoms with E-state index in [2.05, 4.69) is 40.6 Å². The van der Waals surface area contributed by atoms with Crippen molar-refractivity contribution in [2.45, 2.75) is 6.42 Å². The predicted octanol–water partition coefficient (Wildman–Crippen LogP) is 4.18. The minimum atomic E-state index is 0.0193. The van der Waals surface area contributed by atoms with Crippen LogP contribution in [0.4, 0.5) is 0 Å². The van der Waals surface area contributed by atoms with E-state index in [1.54, 1.807) is 0 Å². The molecule has 0 bridgehead atoms. The van der Waals surface area contributed by atoms with Gasteiger partial charge in [-0.3, -0.25) is 4.79 Å². The summed E-state index contributed by atoms with van der Waals surface area (Å²) in [6.07, 6.45) is 2.87. The molecule has 0 atom stereocenters. The molecule has 0 fully saturated rings. The van der Waals surface area contributed by atoms with Gasteiger partial charge in [0.1, 0.15) is 5.65 Å². The second-order valence-electron chi connectivity index (χ2n) is 6.54. The van der Waals surface area contributed by atoms with E-state index in [1.807, 2.05) is 36.5 Å². The molecule has 5 rings (SSSR count). The summed E-state index contributed by atoms with van der Waals surface area (Å²) in [7, 11) is 0. The lowest BCUT2D eigenvalue weighted by Crippen LogP contribution is -2.31. The monoisotopic (exact) mass is 339 g/mol. The maximum absolute atomic E-state index is 11.9. The lowest BCUT2D eigenvalue weighted by molar-refractivity contribution is 0.0946. The first kappa shape index (κ1) is 14.9. The zero-order valence-corrected chi connectivity index (χ0v) is 14.1. The SMILES string of the molecule is O=C1NCCc2cc(-c3c[nH]c4nc(-c5ccccc5)ccc34)ccc21. The van der Waals surface area contributed by atoms with Crippen molar-refractivity contribution < 1.29 is 4.79 Å². The highest BCUT2D eigenvalue weighted by Crippen LogP contribution is 2.31. The standard InChI is InChI=1S/C22H17N3O/c26-22-17-7-6-15(12-16(17)10-11-23-22)19-13-24-21-18(19)8-9-20(25-21)14-4-2-1-3-5-14/h1-9,12-13H,10-11H2,(H,23,26)(H,24,25). The van der Waals surface area contributed by atoms with Crippen LogP contribution in [0.3, 0.4) is 0 Å². The summed E-state index contributed by atoms with van der Waals surface area (Å²) >= 11 is 0. The van der Waals surface area contributed by atoms with Gasteiger partial charge in [-0.25, -0.2) is 4.98 Å². The van der Waals surface area contributed by atoms with Crippen molar-refractivity contribution in [3.8, 4) is 22.4 Å². The van der Waals surface area contributed by atoms with E-state index in [1.165, 1.54) is 0 Å². The van der Waals surface area contributed by atoms with Gasteiger partial charge in [0.2, 0.25) is 0 Å². The van der Waals surface area contributed by atoms with Crippen molar-refractivity contribution in [3.05, 3.63) is 78.0 Å². The van der Waals surface area contributed by atoms with Crippen LogP contribution in [0.15, 0.2) is 66.9 Å². The molecule has 4 heteroatoms. The molecule has 0 aliphatic carbocycles. The summed E-state index contributed by atoms with van der Waals surface area (Å²) in [5.41, 5.74) is 7.04. The predicted molar refractivity (Wildman–Crippen MR) is 103 cm³/mol. The number of nitrogens with one attached hydrogen (secondary N) is 2. The first-order valence-corrected chi connectivity index (χ1v) is 8.75. The zero-order valence-electron chi connectivity index (χ0n) is 14.1. The third-order valence-corrected chi connectivity index (χ3v) is 4.95. The molecule has 126 valence electrons. The maximum atomic E-state index is 11.9. The van der Waals surface area contributed by atoms with Crippen LogP contribution in [0, 0.1) is 0 Å². The van der Waals surface area contributed by atoms with Gasteiger partial charge >= 0.3 is 0 Å². The molecule has 4 aromatic rings. The normalized spacial score (nSPS) is 13.5. The lowest BCUT2D eigenvalue weighted by Gasteiger charge is -2.17. The van der Waals surface area contributed by atoms with Crippen molar-refractivity contribution in [1.82, 2.24) is 15.3 Å². The number of aromatic amines is 1. The Morgan fingerprint density at radius 3 is 2.65 bits per heavy atom. The van der Waals surface area contributed by atoms with Crippen LogP contribution in [0.1, 0.15) is 15.9 Å². The molecule has 0 unspecified atom stereocenters. The number of H-pyrrole nitrogens is 1. The molecular weight excluding hydrogens is 322 g/mol. The van der Waals surface area contributed by atoms with Gasteiger partial charge in [0.25, 0.3) is 5.91 Å². The van der Waals surface area contributed by atoms with E-state index in [0.29, 0.717) is 6.54 Å². The number of carbonyl (C=O) groups excluding carboxylic acids is 1. The van der Waals surface area contributed by atoms with Crippen molar-refractivity contribution >= 4 is 16.9 Å². The van der Waals surface area contributed by atoms with E-state index in [9.17, 15) is 4.79 Å². The number of amides is 1. The minimum Gasteiger partial charge on any atom is -0.352 e. The van der Waals surface area contributed by atoms with Gasteiger partial charge in [-0.05, 0) is 35.7 Å². The highest BCUT2D eigenvalue weighted by molar-refractivity contribution is 5.99. The van der Waals surface area contributed by atoms with E-state index < -0.39 is 0 Å². The van der Waals surface area contributed by atoms with E-state index >= 15 is 0 Å². The number of hydrogen-bond acceptors (Lipinski definition) is 2. The number of fused-ring (bicyclic) bond motifs is 2. The lowest BCUT2D eigenvalue weighted by atomic mass is 9.95. The van der Waals surface area contributed by atoms with Crippen LogP contribution in [0.5, 0.6) is 0 Å². The molecule has 3 heterocycles. The first-order valence-electron chi connectivity index (χ1n) is 8.75. The van der Waals surface area contributed by atoms with Gasteiger partial charge in [0, 0.05) is 34.8 Å². The second kappa shape index (κ2) is 5.85. The number of carbonyl (C=O) groups is 1. The summed E-state index contributed by atoms with van der Waals surface area (Å²) in [5.74, 6) is 0.0193. The number of rotatable bonds is 2. The quantitative estimate of drug-likeness (QED) is 0.575. The Balaban J connectivity index is 1.59. The molecule has 0 saturated carbocycles. The molecule has 1 aliphatic heterocycles. The maximum Gasteiger partial charge on any atom is 0.251 e. The number of aromatic nitrogens is 2. The van der Waals surface area contributed by atoms with Crippen LogP contribution in [0.2, 0.25) is 0 Å². The Bertz CT molecular complexity index is 1130. The van der Waals surface area contributed by atoms with Crippen molar-refractivity contribution in [2.24, 2.45) is 0 Å². The minimum absolute atomic E-state index is 0.0193. The average Bonchev–Trinajstić information content (AvgIpc) is 3.12. The summed E-state index contributed by atoms with van der Waals surface area (Å²) in [6, 6.07) is 20.4. The van der Waals surface area contributed by atoms with Gasteiger partial charge in [-0.1, -0.05) is 42.5 Å². The number of pyridine rings is 1. The topological polar surface area (TPSA) is 57.8 Å². The Morgan fingerprint density at radius 1 is 0.885 bits per heavy atom. The van der Waals surface area contributed by atoms with E-state index in [4.69, 9.17) is 4.98 Å². The van der Waals surface area contributed by atoms with Crippen molar-refractivity contribution in [1.29, 1.82) is 0 Å². The molecule has 2 aromatic heterocycles. The average molecular weight is 339 g/mol. The highest BCUT2D eigenvalue weighted by Gasteiger charge is 2.18. The number of hydrogen-bond donors (Lipinski definition) is 2. The van der Waals surface area contributed by atoms with Gasteiger partial charge in [0.05, 0.1) is 5.69 Å². The Morgan fingerprint density at radius 2 is 1.77 bits per heavy atom. The van der Waals surface area contributed by atoms with E-state index in [-0.39, 0.29) is 5.91 Å². The van der Waals surface area contributed by atoms with Crippen molar-refractivity contribution in [2.75, 3.05) is 6.54 Å². The molecule has 1 amide bonds. The molecule has 0 saturated heterocycles. The molecule has 2 aromatic carbocycles. The fourth-order valence-corrected chi connectivity index (χ4v) is 3.61. The fraction of sp³-hybridized carbons (Fsp3) is 0.0909. The number of benzene rings is 2. The van der Waals surface area contributed by atoms with Crippen LogP contribution in [0.25, 0.3) is 33.4 Å². The largest absolute Gasteiger partial charge is 0.352 e. The van der Waals surface area contributed by atoms with Gasteiger partial charge in [-0.15, -0.1) is 0 Å². The Hall–Kier alpha value is -3.40.